The number of rotatable bonds is 2. The maximum atomic E-state index is 12.1. The number of thiazole rings is 1. The van der Waals surface area contributed by atoms with Gasteiger partial charge in [-0.2, -0.15) is 0 Å². The van der Waals surface area contributed by atoms with Gasteiger partial charge in [-0.05, 0) is 32.2 Å². The number of likely N-dealkylation sites (tertiary alicyclic amines) is 1. The van der Waals surface area contributed by atoms with Crippen LogP contribution in [0.4, 0.5) is 0 Å². The van der Waals surface area contributed by atoms with Gasteiger partial charge in [0.15, 0.2) is 4.96 Å². The Balaban J connectivity index is 1.87. The number of aryl methyl sites for hydroxylation is 1. The summed E-state index contributed by atoms with van der Waals surface area (Å²) in [5.41, 5.74) is 1.92. The molecule has 3 rings (SSSR count). The van der Waals surface area contributed by atoms with E-state index in [1.165, 1.54) is 24.2 Å². The molecule has 1 saturated heterocycles. The Morgan fingerprint density at radius 2 is 2.37 bits per heavy atom. The molecule has 102 valence electrons. The summed E-state index contributed by atoms with van der Waals surface area (Å²) in [6.07, 6.45) is 2.57. The fraction of sp³-hybridized carbons (Fsp3) is 0.571. The molecule has 19 heavy (non-hydrogen) atoms. The van der Waals surface area contributed by atoms with Crippen molar-refractivity contribution in [3.05, 3.63) is 33.2 Å². The summed E-state index contributed by atoms with van der Waals surface area (Å²) >= 11 is 1.54. The molecule has 2 aromatic heterocycles. The van der Waals surface area contributed by atoms with Crippen LogP contribution < -0.4 is 5.56 Å². The third-order valence-corrected chi connectivity index (χ3v) is 4.70. The quantitative estimate of drug-likeness (QED) is 0.845. The molecular weight excluding hydrogens is 258 g/mol. The molecule has 1 unspecified atom stereocenters. The largest absolute Gasteiger partial charge is 0.297 e. The molecular formula is C14H19N3OS. The molecule has 0 N–H and O–H groups in total. The second kappa shape index (κ2) is 5.06. The van der Waals surface area contributed by atoms with E-state index in [-0.39, 0.29) is 5.56 Å². The second-order valence-corrected chi connectivity index (χ2v) is 6.40. The third-order valence-electron chi connectivity index (χ3n) is 3.76. The van der Waals surface area contributed by atoms with Gasteiger partial charge in [-0.25, -0.2) is 4.98 Å². The first kappa shape index (κ1) is 12.8. The summed E-state index contributed by atoms with van der Waals surface area (Å²) in [7, 11) is 0. The van der Waals surface area contributed by atoms with Gasteiger partial charge in [0.05, 0.1) is 5.69 Å². The molecule has 3 heterocycles. The Hall–Kier alpha value is -1.20. The maximum Gasteiger partial charge on any atom is 0.259 e. The van der Waals surface area contributed by atoms with Crippen LogP contribution in [0.25, 0.3) is 4.96 Å². The molecule has 0 bridgehead atoms. The molecule has 1 aliphatic heterocycles. The molecule has 0 aromatic carbocycles. The zero-order valence-electron chi connectivity index (χ0n) is 11.4. The summed E-state index contributed by atoms with van der Waals surface area (Å²) in [4.78, 5) is 19.9. The molecule has 0 amide bonds. The van der Waals surface area contributed by atoms with Crippen LogP contribution in [-0.4, -0.2) is 27.4 Å². The van der Waals surface area contributed by atoms with Crippen LogP contribution in [0.1, 0.15) is 31.2 Å². The van der Waals surface area contributed by atoms with E-state index in [0.717, 1.165) is 41.9 Å². The molecule has 0 saturated carbocycles. The summed E-state index contributed by atoms with van der Waals surface area (Å²) < 4.78 is 1.69. The van der Waals surface area contributed by atoms with Crippen molar-refractivity contribution in [3.8, 4) is 0 Å². The molecule has 0 aliphatic carbocycles. The van der Waals surface area contributed by atoms with Gasteiger partial charge in [0, 0.05) is 30.2 Å². The topological polar surface area (TPSA) is 37.6 Å². The van der Waals surface area contributed by atoms with Gasteiger partial charge in [0.1, 0.15) is 0 Å². The van der Waals surface area contributed by atoms with Gasteiger partial charge in [-0.15, -0.1) is 11.3 Å². The van der Waals surface area contributed by atoms with Crippen LogP contribution in [-0.2, 0) is 6.54 Å². The van der Waals surface area contributed by atoms with Crippen LogP contribution in [0.3, 0.4) is 0 Å². The molecule has 1 fully saturated rings. The fourth-order valence-corrected chi connectivity index (χ4v) is 3.73. The summed E-state index contributed by atoms with van der Waals surface area (Å²) in [6, 6.07) is 1.69. The molecule has 4 nitrogen and oxygen atoms in total. The van der Waals surface area contributed by atoms with Gasteiger partial charge in [-0.1, -0.05) is 6.92 Å². The van der Waals surface area contributed by atoms with Crippen LogP contribution in [0, 0.1) is 12.8 Å². The van der Waals surface area contributed by atoms with Crippen molar-refractivity contribution in [1.82, 2.24) is 14.3 Å². The highest BCUT2D eigenvalue weighted by molar-refractivity contribution is 7.15. The monoisotopic (exact) mass is 277 g/mol. The highest BCUT2D eigenvalue weighted by atomic mass is 32.1. The average Bonchev–Trinajstić information content (AvgIpc) is 2.71. The normalized spacial score (nSPS) is 21.1. The lowest BCUT2D eigenvalue weighted by molar-refractivity contribution is 0.175. The molecule has 0 radical (unpaired) electrons. The highest BCUT2D eigenvalue weighted by Crippen LogP contribution is 2.18. The first-order valence-corrected chi connectivity index (χ1v) is 7.70. The van der Waals surface area contributed by atoms with E-state index in [2.05, 4.69) is 16.8 Å². The highest BCUT2D eigenvalue weighted by Gasteiger charge is 2.17. The molecule has 1 aliphatic rings. The van der Waals surface area contributed by atoms with Gasteiger partial charge in [0.25, 0.3) is 5.56 Å². The van der Waals surface area contributed by atoms with Gasteiger partial charge >= 0.3 is 0 Å². The van der Waals surface area contributed by atoms with Crippen molar-refractivity contribution in [3.63, 3.8) is 0 Å². The Bertz CT molecular complexity index is 646. The first-order valence-electron chi connectivity index (χ1n) is 6.82. The van der Waals surface area contributed by atoms with E-state index in [4.69, 9.17) is 0 Å². The molecule has 2 aromatic rings. The second-order valence-electron chi connectivity index (χ2n) is 5.56. The molecule has 1 atom stereocenters. The minimum atomic E-state index is 0.0452. The van der Waals surface area contributed by atoms with Gasteiger partial charge in [-0.3, -0.25) is 14.1 Å². The maximum absolute atomic E-state index is 12.1. The Kier molecular flexibility index (Phi) is 3.41. The van der Waals surface area contributed by atoms with Crippen LogP contribution in [0.2, 0.25) is 0 Å². The number of hydrogen-bond acceptors (Lipinski definition) is 4. The van der Waals surface area contributed by atoms with Crippen LogP contribution in [0.15, 0.2) is 16.2 Å². The van der Waals surface area contributed by atoms with Crippen molar-refractivity contribution in [2.24, 2.45) is 5.92 Å². The van der Waals surface area contributed by atoms with Crippen LogP contribution >= 0.6 is 11.3 Å². The van der Waals surface area contributed by atoms with Crippen molar-refractivity contribution < 1.29 is 0 Å². The smallest absolute Gasteiger partial charge is 0.259 e. The Morgan fingerprint density at radius 1 is 1.53 bits per heavy atom. The standard InChI is InChI=1S/C14H19N3OS/c1-10-4-3-5-16(7-10)8-12-6-13(18)17-11(2)9-19-14(17)15-12/h6,9-10H,3-5,7-8H2,1-2H3. The summed E-state index contributed by atoms with van der Waals surface area (Å²) in [5, 5.41) is 1.98. The van der Waals surface area contributed by atoms with E-state index in [1.54, 1.807) is 10.5 Å². The zero-order chi connectivity index (χ0) is 13.4. The summed E-state index contributed by atoms with van der Waals surface area (Å²) in [5.74, 6) is 0.752. The number of hydrogen-bond donors (Lipinski definition) is 0. The SMILES string of the molecule is Cc1csc2nc(CN3CCCC(C)C3)cc(=O)n12. The van der Waals surface area contributed by atoms with Gasteiger partial charge < -0.3 is 0 Å². The summed E-state index contributed by atoms with van der Waals surface area (Å²) in [6.45, 7) is 7.27. The predicted molar refractivity (Wildman–Crippen MR) is 77.8 cm³/mol. The van der Waals surface area contributed by atoms with E-state index in [9.17, 15) is 4.79 Å². The zero-order valence-corrected chi connectivity index (χ0v) is 12.2. The lowest BCUT2D eigenvalue weighted by atomic mass is 10.0. The van der Waals surface area contributed by atoms with Gasteiger partial charge in [0.2, 0.25) is 0 Å². The van der Waals surface area contributed by atoms with E-state index >= 15 is 0 Å². The van der Waals surface area contributed by atoms with Crippen molar-refractivity contribution in [1.29, 1.82) is 0 Å². The minimum absolute atomic E-state index is 0.0452. The van der Waals surface area contributed by atoms with E-state index in [0.29, 0.717) is 0 Å². The number of aromatic nitrogens is 2. The van der Waals surface area contributed by atoms with Crippen LogP contribution in [0.5, 0.6) is 0 Å². The molecule has 5 heteroatoms. The predicted octanol–water partition coefficient (Wildman–Crippen LogP) is 2.30. The fourth-order valence-electron chi connectivity index (χ4n) is 2.84. The number of piperidine rings is 1. The van der Waals surface area contributed by atoms with Crippen molar-refractivity contribution in [2.45, 2.75) is 33.2 Å². The Morgan fingerprint density at radius 3 is 3.16 bits per heavy atom. The lowest BCUT2D eigenvalue weighted by Gasteiger charge is -2.30. The number of nitrogens with zero attached hydrogens (tertiary/aromatic N) is 3. The molecule has 0 spiro atoms. The number of fused-ring (bicyclic) bond motifs is 1. The van der Waals surface area contributed by atoms with E-state index < -0.39 is 0 Å². The third kappa shape index (κ3) is 2.58. The Labute approximate surface area is 116 Å². The van der Waals surface area contributed by atoms with Crippen molar-refractivity contribution in [2.75, 3.05) is 13.1 Å². The lowest BCUT2D eigenvalue weighted by Crippen LogP contribution is -2.34. The van der Waals surface area contributed by atoms with E-state index in [1.807, 2.05) is 12.3 Å². The minimum Gasteiger partial charge on any atom is -0.297 e. The van der Waals surface area contributed by atoms with Crippen molar-refractivity contribution >= 4 is 16.3 Å². The first-order chi connectivity index (χ1) is 9.13. The average molecular weight is 277 g/mol.